The zero-order valence-electron chi connectivity index (χ0n) is 11.1. The van der Waals surface area contributed by atoms with Crippen molar-refractivity contribution in [1.29, 1.82) is 0 Å². The van der Waals surface area contributed by atoms with Gasteiger partial charge in [-0.2, -0.15) is 11.3 Å². The Labute approximate surface area is 125 Å². The molecule has 4 rings (SSSR count). The molecule has 0 amide bonds. The Bertz CT molecular complexity index is 910. The van der Waals surface area contributed by atoms with Crippen LogP contribution in [0.1, 0.15) is 0 Å². The van der Waals surface area contributed by atoms with Gasteiger partial charge in [-0.3, -0.25) is 4.57 Å². The minimum atomic E-state index is 0.240. The Balaban J connectivity index is 2.10. The van der Waals surface area contributed by atoms with Crippen LogP contribution >= 0.6 is 11.3 Å². The lowest BCUT2D eigenvalue weighted by molar-refractivity contribution is 0.477. The van der Waals surface area contributed by atoms with Crippen LogP contribution in [0.2, 0.25) is 0 Å². The van der Waals surface area contributed by atoms with Gasteiger partial charge in [0, 0.05) is 5.38 Å². The summed E-state index contributed by atoms with van der Waals surface area (Å²) in [6.07, 6.45) is 0. The van der Waals surface area contributed by atoms with E-state index in [1.54, 1.807) is 17.4 Å². The van der Waals surface area contributed by atoms with E-state index in [0.717, 1.165) is 28.1 Å². The van der Waals surface area contributed by atoms with Crippen LogP contribution < -0.4 is 0 Å². The molecule has 0 radical (unpaired) electrons. The van der Waals surface area contributed by atoms with Crippen molar-refractivity contribution in [3.05, 3.63) is 65.4 Å². The molecule has 3 nitrogen and oxygen atoms in total. The standard InChI is InChI=1S/C17H12N2OS/c20-16-8-4-1-5-13(16)17-18-14-6-2-3-7-15(14)19(17)12-9-10-21-11-12/h1-11,20H. The zero-order chi connectivity index (χ0) is 14.2. The topological polar surface area (TPSA) is 38.1 Å². The average Bonchev–Trinajstić information content (AvgIpc) is 3.14. The minimum Gasteiger partial charge on any atom is -0.507 e. The molecular weight excluding hydrogens is 280 g/mol. The molecule has 0 aliphatic carbocycles. The number of benzene rings is 2. The zero-order valence-corrected chi connectivity index (χ0v) is 11.9. The van der Waals surface area contributed by atoms with Gasteiger partial charge >= 0.3 is 0 Å². The van der Waals surface area contributed by atoms with Crippen LogP contribution in [0.3, 0.4) is 0 Å². The molecule has 0 aliphatic heterocycles. The van der Waals surface area contributed by atoms with Crippen LogP contribution in [-0.4, -0.2) is 14.7 Å². The summed E-state index contributed by atoms with van der Waals surface area (Å²) >= 11 is 1.64. The Hall–Kier alpha value is -2.59. The van der Waals surface area contributed by atoms with E-state index in [4.69, 9.17) is 4.98 Å². The first-order valence-corrected chi connectivity index (χ1v) is 7.57. The predicted octanol–water partition coefficient (Wildman–Crippen LogP) is 4.46. The second-order valence-electron chi connectivity index (χ2n) is 4.76. The van der Waals surface area contributed by atoms with Crippen LogP contribution in [0.25, 0.3) is 28.1 Å². The monoisotopic (exact) mass is 292 g/mol. The van der Waals surface area contributed by atoms with Crippen LogP contribution in [0, 0.1) is 0 Å². The van der Waals surface area contributed by atoms with Crippen LogP contribution in [0.5, 0.6) is 5.75 Å². The van der Waals surface area contributed by atoms with Crippen molar-refractivity contribution in [1.82, 2.24) is 9.55 Å². The van der Waals surface area contributed by atoms with Crippen molar-refractivity contribution in [2.45, 2.75) is 0 Å². The molecule has 0 bridgehead atoms. The van der Waals surface area contributed by atoms with Gasteiger partial charge < -0.3 is 5.11 Å². The second-order valence-corrected chi connectivity index (χ2v) is 5.54. The molecule has 0 fully saturated rings. The summed E-state index contributed by atoms with van der Waals surface area (Å²) < 4.78 is 2.08. The SMILES string of the molecule is Oc1ccccc1-c1nc2ccccc2n1-c1ccsc1. The van der Waals surface area contributed by atoms with Crippen molar-refractivity contribution in [3.63, 3.8) is 0 Å². The van der Waals surface area contributed by atoms with Gasteiger partial charge in [-0.25, -0.2) is 4.98 Å². The fourth-order valence-electron chi connectivity index (χ4n) is 2.52. The first kappa shape index (κ1) is 12.2. The molecule has 0 saturated heterocycles. The number of fused-ring (bicyclic) bond motifs is 1. The van der Waals surface area contributed by atoms with Gasteiger partial charge in [-0.1, -0.05) is 24.3 Å². The maximum absolute atomic E-state index is 10.2. The predicted molar refractivity (Wildman–Crippen MR) is 86.0 cm³/mol. The van der Waals surface area contributed by atoms with E-state index < -0.39 is 0 Å². The number of imidazole rings is 1. The van der Waals surface area contributed by atoms with Gasteiger partial charge in [0.2, 0.25) is 0 Å². The molecule has 0 saturated carbocycles. The average molecular weight is 292 g/mol. The van der Waals surface area contributed by atoms with Crippen molar-refractivity contribution in [2.24, 2.45) is 0 Å². The number of aromatic hydroxyl groups is 1. The Kier molecular flexibility index (Phi) is 2.75. The van der Waals surface area contributed by atoms with Crippen molar-refractivity contribution < 1.29 is 5.11 Å². The molecule has 2 aromatic carbocycles. The molecule has 0 atom stereocenters. The molecule has 4 aromatic rings. The van der Waals surface area contributed by atoms with E-state index in [0.29, 0.717) is 0 Å². The molecule has 0 spiro atoms. The fraction of sp³-hybridized carbons (Fsp3) is 0. The molecule has 4 heteroatoms. The number of para-hydroxylation sites is 3. The summed E-state index contributed by atoms with van der Waals surface area (Å²) in [5.41, 5.74) is 3.75. The number of phenols is 1. The highest BCUT2D eigenvalue weighted by Crippen LogP contribution is 2.33. The molecule has 1 N–H and O–H groups in total. The van der Waals surface area contributed by atoms with E-state index in [-0.39, 0.29) is 5.75 Å². The van der Waals surface area contributed by atoms with E-state index in [9.17, 15) is 5.11 Å². The highest BCUT2D eigenvalue weighted by atomic mass is 32.1. The first-order chi connectivity index (χ1) is 10.3. The number of aromatic nitrogens is 2. The molecule has 102 valence electrons. The summed E-state index contributed by atoms with van der Waals surface area (Å²) in [5.74, 6) is 0.997. The van der Waals surface area contributed by atoms with Gasteiger partial charge in [0.1, 0.15) is 11.6 Å². The Morgan fingerprint density at radius 2 is 1.76 bits per heavy atom. The molecular formula is C17H12N2OS. The number of thiophene rings is 1. The van der Waals surface area contributed by atoms with E-state index >= 15 is 0 Å². The fourth-order valence-corrected chi connectivity index (χ4v) is 3.14. The number of hydrogen-bond donors (Lipinski definition) is 1. The quantitative estimate of drug-likeness (QED) is 0.592. The lowest BCUT2D eigenvalue weighted by atomic mass is 10.2. The van der Waals surface area contributed by atoms with Crippen LogP contribution in [-0.2, 0) is 0 Å². The van der Waals surface area contributed by atoms with Gasteiger partial charge in [-0.05, 0) is 35.7 Å². The maximum Gasteiger partial charge on any atom is 0.149 e. The van der Waals surface area contributed by atoms with Crippen molar-refractivity contribution in [2.75, 3.05) is 0 Å². The molecule has 0 aliphatic rings. The van der Waals surface area contributed by atoms with Gasteiger partial charge in [-0.15, -0.1) is 0 Å². The number of hydrogen-bond acceptors (Lipinski definition) is 3. The smallest absolute Gasteiger partial charge is 0.149 e. The summed E-state index contributed by atoms with van der Waals surface area (Å²) in [4.78, 5) is 4.71. The molecule has 0 unspecified atom stereocenters. The van der Waals surface area contributed by atoms with E-state index in [1.165, 1.54) is 0 Å². The van der Waals surface area contributed by atoms with Gasteiger partial charge in [0.05, 0.1) is 22.3 Å². The molecule has 21 heavy (non-hydrogen) atoms. The number of phenolic OH excluding ortho intramolecular Hbond substituents is 1. The molecule has 2 heterocycles. The minimum absolute atomic E-state index is 0.240. The third-order valence-corrected chi connectivity index (χ3v) is 4.14. The van der Waals surface area contributed by atoms with Gasteiger partial charge in [0.25, 0.3) is 0 Å². The Morgan fingerprint density at radius 1 is 0.952 bits per heavy atom. The number of nitrogens with zero attached hydrogens (tertiary/aromatic N) is 2. The normalized spacial score (nSPS) is 11.0. The largest absolute Gasteiger partial charge is 0.507 e. The second kappa shape index (κ2) is 4.75. The summed E-state index contributed by atoms with van der Waals surface area (Å²) in [6, 6.07) is 17.4. The first-order valence-electron chi connectivity index (χ1n) is 6.63. The third kappa shape index (κ3) is 1.92. The lowest BCUT2D eigenvalue weighted by Gasteiger charge is -2.08. The van der Waals surface area contributed by atoms with Crippen LogP contribution in [0.15, 0.2) is 65.4 Å². The van der Waals surface area contributed by atoms with E-state index in [1.807, 2.05) is 47.8 Å². The van der Waals surface area contributed by atoms with Crippen molar-refractivity contribution in [3.8, 4) is 22.8 Å². The lowest BCUT2D eigenvalue weighted by Crippen LogP contribution is -1.95. The van der Waals surface area contributed by atoms with Gasteiger partial charge in [0.15, 0.2) is 0 Å². The Morgan fingerprint density at radius 3 is 2.57 bits per heavy atom. The highest BCUT2D eigenvalue weighted by Gasteiger charge is 2.16. The maximum atomic E-state index is 10.2. The molecule has 2 aromatic heterocycles. The highest BCUT2D eigenvalue weighted by molar-refractivity contribution is 7.08. The summed E-state index contributed by atoms with van der Waals surface area (Å²) in [7, 11) is 0. The summed E-state index contributed by atoms with van der Waals surface area (Å²) in [6.45, 7) is 0. The number of rotatable bonds is 2. The van der Waals surface area contributed by atoms with Crippen molar-refractivity contribution >= 4 is 22.4 Å². The summed E-state index contributed by atoms with van der Waals surface area (Å²) in [5, 5.41) is 14.3. The van der Waals surface area contributed by atoms with Crippen LogP contribution in [0.4, 0.5) is 0 Å². The van der Waals surface area contributed by atoms with E-state index in [2.05, 4.69) is 16.0 Å². The third-order valence-electron chi connectivity index (χ3n) is 3.47.